The lowest BCUT2D eigenvalue weighted by Crippen LogP contribution is -2.12. The molecule has 0 fully saturated rings. The Bertz CT molecular complexity index is 340. The summed E-state index contributed by atoms with van der Waals surface area (Å²) in [6, 6.07) is 0. The number of rotatable bonds is 2. The van der Waals surface area contributed by atoms with Gasteiger partial charge in [0.15, 0.2) is 0 Å². The molecule has 1 aromatic heterocycles. The topological polar surface area (TPSA) is 82.0 Å². The van der Waals surface area contributed by atoms with Gasteiger partial charge in [0.1, 0.15) is 10.0 Å². The normalized spacial score (nSPS) is 16.2. The Hall–Kier alpha value is -0.430. The summed E-state index contributed by atoms with van der Waals surface area (Å²) in [7, 11) is -2.65. The largest absolute Gasteiger partial charge is 0.325 e. The van der Waals surface area contributed by atoms with Crippen LogP contribution >= 0.6 is 11.3 Å². The second kappa shape index (κ2) is 2.90. The van der Waals surface area contributed by atoms with Crippen LogP contribution in [0, 0.1) is 0 Å². The molecular weight excluding hydrogens is 182 g/mol. The molecule has 0 bridgehead atoms. The lowest BCUT2D eigenvalue weighted by Gasteiger charge is -1.93. The van der Waals surface area contributed by atoms with Gasteiger partial charge in [-0.25, -0.2) is 9.19 Å². The van der Waals surface area contributed by atoms with E-state index in [4.69, 9.17) is 10.9 Å². The molecule has 0 saturated heterocycles. The molecule has 4 nitrogen and oxygen atoms in total. The summed E-state index contributed by atoms with van der Waals surface area (Å²) < 4.78 is 11.1. The van der Waals surface area contributed by atoms with Crippen LogP contribution in [0.25, 0.3) is 0 Å². The molecule has 0 aliphatic rings. The van der Waals surface area contributed by atoms with Crippen molar-refractivity contribution in [2.24, 2.45) is 10.9 Å². The minimum absolute atomic E-state index is 0.336. The molecule has 0 aliphatic heterocycles. The zero-order chi connectivity index (χ0) is 8.48. The SMILES string of the molecule is C=S(N)(=O)c1csc(CN)n1. The Morgan fingerprint density at radius 3 is 2.73 bits per heavy atom. The zero-order valence-electron chi connectivity index (χ0n) is 5.82. The van der Waals surface area contributed by atoms with Crippen LogP contribution in [0.3, 0.4) is 0 Å². The Kier molecular flexibility index (Phi) is 2.28. The van der Waals surface area contributed by atoms with Gasteiger partial charge in [-0.1, -0.05) is 0 Å². The van der Waals surface area contributed by atoms with Crippen molar-refractivity contribution in [2.75, 3.05) is 0 Å². The lowest BCUT2D eigenvalue weighted by atomic mass is 10.7. The lowest BCUT2D eigenvalue weighted by molar-refractivity contribution is 0.680. The molecule has 11 heavy (non-hydrogen) atoms. The second-order valence-electron chi connectivity index (χ2n) is 2.01. The van der Waals surface area contributed by atoms with E-state index in [1.165, 1.54) is 11.3 Å². The van der Waals surface area contributed by atoms with E-state index in [2.05, 4.69) is 10.9 Å². The minimum atomic E-state index is -2.65. The van der Waals surface area contributed by atoms with E-state index in [-0.39, 0.29) is 0 Å². The van der Waals surface area contributed by atoms with Crippen LogP contribution in [0.5, 0.6) is 0 Å². The molecule has 0 saturated carbocycles. The first-order chi connectivity index (χ1) is 5.04. The maximum absolute atomic E-state index is 11.1. The Balaban J connectivity index is 3.09. The highest BCUT2D eigenvalue weighted by Gasteiger charge is 2.05. The Morgan fingerprint density at radius 2 is 2.45 bits per heavy atom. The summed E-state index contributed by atoms with van der Waals surface area (Å²) in [5, 5.41) is 7.93. The number of hydrogen-bond acceptors (Lipinski definition) is 4. The van der Waals surface area contributed by atoms with Gasteiger partial charge in [-0.2, -0.15) is 0 Å². The maximum Gasteiger partial charge on any atom is 0.143 e. The van der Waals surface area contributed by atoms with Crippen molar-refractivity contribution in [3.05, 3.63) is 10.4 Å². The van der Waals surface area contributed by atoms with Gasteiger partial charge in [-0.15, -0.1) is 11.3 Å². The summed E-state index contributed by atoms with van der Waals surface area (Å²) in [6.07, 6.45) is 0. The van der Waals surface area contributed by atoms with Crippen LogP contribution in [-0.4, -0.2) is 15.1 Å². The third-order valence-electron chi connectivity index (χ3n) is 1.06. The molecular formula is C5H9N3OS2. The molecule has 1 unspecified atom stereocenters. The van der Waals surface area contributed by atoms with Crippen molar-refractivity contribution < 1.29 is 4.21 Å². The first-order valence-corrected chi connectivity index (χ1v) is 5.50. The summed E-state index contributed by atoms with van der Waals surface area (Å²) in [5.74, 6) is 3.30. The van der Waals surface area contributed by atoms with Gasteiger partial charge in [0.25, 0.3) is 0 Å². The molecule has 62 valence electrons. The van der Waals surface area contributed by atoms with Crippen LogP contribution < -0.4 is 10.9 Å². The Labute approximate surface area is 69.4 Å². The molecule has 1 aromatic rings. The van der Waals surface area contributed by atoms with Crippen molar-refractivity contribution in [3.8, 4) is 0 Å². The fraction of sp³-hybridized carbons (Fsp3) is 0.200. The third kappa shape index (κ3) is 2.00. The number of hydrogen-bond donors (Lipinski definition) is 2. The van der Waals surface area contributed by atoms with Crippen molar-refractivity contribution in [3.63, 3.8) is 0 Å². The van der Waals surface area contributed by atoms with Crippen LogP contribution in [-0.2, 0) is 16.3 Å². The van der Waals surface area contributed by atoms with E-state index in [9.17, 15) is 4.21 Å². The monoisotopic (exact) mass is 191 g/mol. The van der Waals surface area contributed by atoms with Crippen LogP contribution in [0.1, 0.15) is 5.01 Å². The fourth-order valence-electron chi connectivity index (χ4n) is 0.546. The molecule has 1 heterocycles. The van der Waals surface area contributed by atoms with Gasteiger partial charge < -0.3 is 5.73 Å². The molecule has 1 atom stereocenters. The summed E-state index contributed by atoms with van der Waals surface area (Å²) >= 11 is 1.34. The van der Waals surface area contributed by atoms with Crippen molar-refractivity contribution in [1.29, 1.82) is 0 Å². The van der Waals surface area contributed by atoms with Crippen molar-refractivity contribution in [2.45, 2.75) is 11.6 Å². The summed E-state index contributed by atoms with van der Waals surface area (Å²) in [5.41, 5.74) is 5.30. The van der Waals surface area contributed by atoms with Crippen LogP contribution in [0.2, 0.25) is 0 Å². The molecule has 6 heteroatoms. The van der Waals surface area contributed by atoms with Gasteiger partial charge in [0.2, 0.25) is 0 Å². The predicted octanol–water partition coefficient (Wildman–Crippen LogP) is -0.449. The number of aromatic nitrogens is 1. The molecule has 1 rings (SSSR count). The molecule has 4 N–H and O–H groups in total. The number of nitrogens with zero attached hydrogens (tertiary/aromatic N) is 1. The second-order valence-corrected chi connectivity index (χ2v) is 4.82. The smallest absolute Gasteiger partial charge is 0.143 e. The quantitative estimate of drug-likeness (QED) is 0.621. The first kappa shape index (κ1) is 8.66. The number of thiazole rings is 1. The van der Waals surface area contributed by atoms with E-state index in [1.54, 1.807) is 5.38 Å². The highest BCUT2D eigenvalue weighted by atomic mass is 32.2. The van der Waals surface area contributed by atoms with Gasteiger partial charge >= 0.3 is 0 Å². The van der Waals surface area contributed by atoms with Crippen LogP contribution in [0.15, 0.2) is 10.4 Å². The van der Waals surface area contributed by atoms with E-state index in [1.807, 2.05) is 0 Å². The van der Waals surface area contributed by atoms with Gasteiger partial charge in [-0.05, 0) is 5.87 Å². The minimum Gasteiger partial charge on any atom is -0.325 e. The predicted molar refractivity (Wildman–Crippen MR) is 47.7 cm³/mol. The molecule has 0 amide bonds. The standard InChI is InChI=1S/C5H9N3OS2/c1-11(7,9)5-3-10-4(2-6)8-5/h3H,1-2,6H2,(H2,7,9). The highest BCUT2D eigenvalue weighted by Crippen LogP contribution is 2.11. The summed E-state index contributed by atoms with van der Waals surface area (Å²) in [6.45, 7) is 0.347. The number of nitrogens with two attached hydrogens (primary N) is 2. The molecule has 0 spiro atoms. The highest BCUT2D eigenvalue weighted by molar-refractivity contribution is 7.98. The first-order valence-electron chi connectivity index (χ1n) is 2.83. The van der Waals surface area contributed by atoms with E-state index < -0.39 is 9.71 Å². The molecule has 0 aromatic carbocycles. The van der Waals surface area contributed by atoms with E-state index in [0.29, 0.717) is 11.6 Å². The average Bonchev–Trinajstić information content (AvgIpc) is 2.32. The van der Waals surface area contributed by atoms with Gasteiger partial charge in [-0.3, -0.25) is 5.14 Å². The zero-order valence-corrected chi connectivity index (χ0v) is 7.45. The molecule has 0 aliphatic carbocycles. The van der Waals surface area contributed by atoms with Crippen LogP contribution in [0.4, 0.5) is 0 Å². The van der Waals surface area contributed by atoms with Crippen molar-refractivity contribution in [1.82, 2.24) is 4.98 Å². The van der Waals surface area contributed by atoms with Crippen molar-refractivity contribution >= 4 is 26.9 Å². The van der Waals surface area contributed by atoms with Gasteiger partial charge in [0, 0.05) is 11.9 Å². The van der Waals surface area contributed by atoms with Gasteiger partial charge in [0.05, 0.1) is 9.71 Å². The average molecular weight is 191 g/mol. The fourth-order valence-corrected chi connectivity index (χ4v) is 2.20. The molecule has 0 radical (unpaired) electrons. The van der Waals surface area contributed by atoms with E-state index >= 15 is 0 Å². The van der Waals surface area contributed by atoms with E-state index in [0.717, 1.165) is 5.01 Å². The summed E-state index contributed by atoms with van der Waals surface area (Å²) in [4.78, 5) is 3.93. The third-order valence-corrected chi connectivity index (χ3v) is 3.00. The Morgan fingerprint density at radius 1 is 1.82 bits per heavy atom. The maximum atomic E-state index is 11.1.